The number of nitrogens with zero attached hydrogens (tertiary/aromatic N) is 2. The Morgan fingerprint density at radius 2 is 1.48 bits per heavy atom. The zero-order valence-electron chi connectivity index (χ0n) is 22.6. The molecule has 0 saturated carbocycles. The van der Waals surface area contributed by atoms with Gasteiger partial charge in [0.1, 0.15) is 12.6 Å². The monoisotopic (exact) mass is 663 g/mol. The van der Waals surface area contributed by atoms with Crippen LogP contribution in [0.25, 0.3) is 0 Å². The van der Waals surface area contributed by atoms with E-state index >= 15 is 0 Å². The van der Waals surface area contributed by atoms with Gasteiger partial charge >= 0.3 is 6.18 Å². The van der Waals surface area contributed by atoms with Crippen molar-refractivity contribution in [1.82, 2.24) is 10.2 Å². The number of nitrogens with one attached hydrogen (secondary N) is 1. The summed E-state index contributed by atoms with van der Waals surface area (Å²) in [6.45, 7) is 3.61. The molecule has 0 fully saturated rings. The van der Waals surface area contributed by atoms with Gasteiger partial charge in [0.15, 0.2) is 0 Å². The molecule has 3 rings (SSSR count). The lowest BCUT2D eigenvalue weighted by Crippen LogP contribution is -2.52. The maximum Gasteiger partial charge on any atom is 0.417 e. The summed E-state index contributed by atoms with van der Waals surface area (Å²) in [6, 6.07) is 12.6. The third kappa shape index (κ3) is 7.89. The molecule has 1 unspecified atom stereocenters. The fourth-order valence-electron chi connectivity index (χ4n) is 3.98. The number of carbonyl (C=O) groups is 2. The molecule has 14 heteroatoms. The molecule has 0 saturated heterocycles. The van der Waals surface area contributed by atoms with Gasteiger partial charge in [-0.2, -0.15) is 13.2 Å². The third-order valence-electron chi connectivity index (χ3n) is 6.14. The quantitative estimate of drug-likeness (QED) is 0.258. The predicted octanol–water partition coefficient (Wildman–Crippen LogP) is 6.80. The average Bonchev–Trinajstić information content (AvgIpc) is 2.91. The van der Waals surface area contributed by atoms with Crippen LogP contribution in [0.4, 0.5) is 18.9 Å². The van der Waals surface area contributed by atoms with Crippen molar-refractivity contribution < 1.29 is 31.2 Å². The molecule has 1 N–H and O–H groups in total. The molecule has 0 aliphatic heterocycles. The van der Waals surface area contributed by atoms with Gasteiger partial charge in [0, 0.05) is 28.2 Å². The first-order valence-electron chi connectivity index (χ1n) is 12.5. The number of amides is 2. The summed E-state index contributed by atoms with van der Waals surface area (Å²) < 4.78 is 69.3. The smallest absolute Gasteiger partial charge is 0.352 e. The SMILES string of the molecule is CC(C)NC(=O)C(C)N(Cc1c(Cl)cccc1Cl)C(=O)CN(c1ccc(Cl)c(C(F)(F)F)c1)S(=O)(=O)c1ccccc1. The number of benzene rings is 3. The number of carbonyl (C=O) groups excluding carboxylic acids is 2. The van der Waals surface area contributed by atoms with Crippen molar-refractivity contribution >= 4 is 62.3 Å². The fraction of sp³-hybridized carbons (Fsp3) is 0.286. The van der Waals surface area contributed by atoms with Crippen LogP contribution in [0.2, 0.25) is 15.1 Å². The zero-order valence-corrected chi connectivity index (χ0v) is 25.7. The van der Waals surface area contributed by atoms with Crippen molar-refractivity contribution in [2.45, 2.75) is 50.5 Å². The van der Waals surface area contributed by atoms with E-state index in [9.17, 15) is 31.2 Å². The molecule has 0 spiro atoms. The van der Waals surface area contributed by atoms with E-state index in [-0.39, 0.29) is 27.5 Å². The van der Waals surface area contributed by atoms with E-state index in [4.69, 9.17) is 34.8 Å². The number of hydrogen-bond acceptors (Lipinski definition) is 4. The van der Waals surface area contributed by atoms with Gasteiger partial charge in [-0.15, -0.1) is 0 Å². The number of rotatable bonds is 10. The number of hydrogen-bond donors (Lipinski definition) is 1. The Kier molecular flexibility index (Phi) is 10.8. The molecule has 0 aromatic heterocycles. The first kappa shape index (κ1) is 33.5. The molecule has 0 radical (unpaired) electrons. The van der Waals surface area contributed by atoms with Crippen LogP contribution in [0.3, 0.4) is 0 Å². The average molecular weight is 665 g/mol. The maximum atomic E-state index is 13.9. The number of alkyl halides is 3. The second kappa shape index (κ2) is 13.5. The number of halogens is 6. The summed E-state index contributed by atoms with van der Waals surface area (Å²) in [4.78, 5) is 27.7. The zero-order chi connectivity index (χ0) is 31.4. The fourth-order valence-corrected chi connectivity index (χ4v) is 6.14. The maximum absolute atomic E-state index is 13.9. The highest BCUT2D eigenvalue weighted by molar-refractivity contribution is 7.92. The normalized spacial score (nSPS) is 12.6. The largest absolute Gasteiger partial charge is 0.417 e. The van der Waals surface area contributed by atoms with Crippen molar-refractivity contribution in [2.24, 2.45) is 0 Å². The third-order valence-corrected chi connectivity index (χ3v) is 8.97. The predicted molar refractivity (Wildman–Crippen MR) is 157 cm³/mol. The molecule has 0 heterocycles. The summed E-state index contributed by atoms with van der Waals surface area (Å²) in [5, 5.41) is 2.43. The van der Waals surface area contributed by atoms with Gasteiger partial charge in [-0.3, -0.25) is 13.9 Å². The second-order valence-corrected chi connectivity index (χ2v) is 12.6. The molecule has 226 valence electrons. The Balaban J connectivity index is 2.15. The summed E-state index contributed by atoms with van der Waals surface area (Å²) in [6.07, 6.45) is -4.91. The molecule has 3 aromatic rings. The molecule has 0 aliphatic rings. The van der Waals surface area contributed by atoms with E-state index < -0.39 is 56.9 Å². The first-order valence-corrected chi connectivity index (χ1v) is 15.1. The van der Waals surface area contributed by atoms with Crippen LogP contribution >= 0.6 is 34.8 Å². The van der Waals surface area contributed by atoms with Crippen molar-refractivity contribution in [3.05, 3.63) is 92.9 Å². The molecule has 3 aromatic carbocycles. The summed E-state index contributed by atoms with van der Waals surface area (Å²) >= 11 is 18.4. The second-order valence-electron chi connectivity index (χ2n) is 9.55. The molecule has 0 bridgehead atoms. The van der Waals surface area contributed by atoms with Gasteiger partial charge < -0.3 is 10.2 Å². The van der Waals surface area contributed by atoms with Gasteiger partial charge in [0.05, 0.1) is 21.2 Å². The van der Waals surface area contributed by atoms with Crippen molar-refractivity contribution in [2.75, 3.05) is 10.8 Å². The Hall–Kier alpha value is -2.99. The van der Waals surface area contributed by atoms with E-state index in [1.807, 2.05) is 0 Å². The summed E-state index contributed by atoms with van der Waals surface area (Å²) in [5.41, 5.74) is -1.45. The number of sulfonamides is 1. The van der Waals surface area contributed by atoms with Crippen LogP contribution in [0, 0.1) is 0 Å². The van der Waals surface area contributed by atoms with Gasteiger partial charge in [-0.05, 0) is 63.2 Å². The van der Waals surface area contributed by atoms with Crippen LogP contribution < -0.4 is 9.62 Å². The highest BCUT2D eigenvalue weighted by Gasteiger charge is 2.37. The Labute approximate surface area is 257 Å². The van der Waals surface area contributed by atoms with Crippen LogP contribution in [0.1, 0.15) is 31.9 Å². The highest BCUT2D eigenvalue weighted by atomic mass is 35.5. The summed E-state index contributed by atoms with van der Waals surface area (Å²) in [5.74, 6) is -1.45. The molecule has 0 aliphatic carbocycles. The van der Waals surface area contributed by atoms with Gasteiger partial charge in [-0.1, -0.05) is 59.1 Å². The Bertz CT molecular complexity index is 1530. The first-order chi connectivity index (χ1) is 19.5. The summed E-state index contributed by atoms with van der Waals surface area (Å²) in [7, 11) is -4.59. The van der Waals surface area contributed by atoms with Crippen LogP contribution in [-0.4, -0.2) is 43.8 Å². The minimum Gasteiger partial charge on any atom is -0.352 e. The Morgan fingerprint density at radius 1 is 0.881 bits per heavy atom. The van der Waals surface area contributed by atoms with E-state index in [2.05, 4.69) is 5.32 Å². The van der Waals surface area contributed by atoms with Crippen molar-refractivity contribution in [3.63, 3.8) is 0 Å². The van der Waals surface area contributed by atoms with E-state index in [0.29, 0.717) is 15.9 Å². The molecular weight excluding hydrogens is 638 g/mol. The standard InChI is InChI=1S/C28H27Cl3F3N3O4S/c1-17(2)35-27(39)18(3)36(15-21-23(29)10-7-11-24(21)30)26(38)16-37(42(40,41)20-8-5-4-6-9-20)19-12-13-25(31)22(14-19)28(32,33)34/h4-14,17-18H,15-16H2,1-3H3,(H,35,39). The van der Waals surface area contributed by atoms with Crippen LogP contribution in [0.15, 0.2) is 71.6 Å². The molecule has 42 heavy (non-hydrogen) atoms. The Morgan fingerprint density at radius 3 is 2.02 bits per heavy atom. The van der Waals surface area contributed by atoms with E-state index in [1.165, 1.54) is 43.3 Å². The number of anilines is 1. The lowest BCUT2D eigenvalue weighted by molar-refractivity contribution is -0.139. The van der Waals surface area contributed by atoms with Gasteiger partial charge in [-0.25, -0.2) is 8.42 Å². The molecule has 2 amide bonds. The highest BCUT2D eigenvalue weighted by Crippen LogP contribution is 2.38. The molecule has 1 atom stereocenters. The van der Waals surface area contributed by atoms with Gasteiger partial charge in [0.25, 0.3) is 10.0 Å². The minimum atomic E-state index is -4.91. The van der Waals surface area contributed by atoms with Crippen LogP contribution in [0.5, 0.6) is 0 Å². The lowest BCUT2D eigenvalue weighted by atomic mass is 10.1. The topological polar surface area (TPSA) is 86.8 Å². The molecule has 7 nitrogen and oxygen atoms in total. The molecular formula is C28H27Cl3F3N3O4S. The minimum absolute atomic E-state index is 0.193. The van der Waals surface area contributed by atoms with Crippen molar-refractivity contribution in [1.29, 1.82) is 0 Å². The van der Waals surface area contributed by atoms with Gasteiger partial charge in [0.2, 0.25) is 11.8 Å². The lowest BCUT2D eigenvalue weighted by Gasteiger charge is -2.33. The van der Waals surface area contributed by atoms with Crippen LogP contribution in [-0.2, 0) is 32.3 Å². The van der Waals surface area contributed by atoms with E-state index in [1.54, 1.807) is 26.0 Å². The van der Waals surface area contributed by atoms with Crippen molar-refractivity contribution in [3.8, 4) is 0 Å². The van der Waals surface area contributed by atoms with E-state index in [0.717, 1.165) is 17.0 Å².